The summed E-state index contributed by atoms with van der Waals surface area (Å²) in [7, 11) is -3.63. The number of hydrogen-bond donors (Lipinski definition) is 1. The van der Waals surface area contributed by atoms with Crippen molar-refractivity contribution in [3.05, 3.63) is 100 Å². The van der Waals surface area contributed by atoms with Crippen LogP contribution < -0.4 is 9.73 Å². The third-order valence-electron chi connectivity index (χ3n) is 4.24. The molecule has 1 amide bonds. The number of hydrogen-bond acceptors (Lipinski definition) is 4. The number of anilines is 1. The Balaban J connectivity index is 1.85. The van der Waals surface area contributed by atoms with Crippen LogP contribution in [0.15, 0.2) is 88.4 Å². The van der Waals surface area contributed by atoms with Crippen molar-refractivity contribution in [1.82, 2.24) is 5.43 Å². The minimum atomic E-state index is -3.63. The van der Waals surface area contributed by atoms with Crippen LogP contribution in [0.5, 0.6) is 0 Å². The van der Waals surface area contributed by atoms with Gasteiger partial charge in [-0.15, -0.1) is 0 Å². The molecule has 0 spiro atoms. The Morgan fingerprint density at radius 1 is 1.00 bits per heavy atom. The van der Waals surface area contributed by atoms with Crippen LogP contribution in [-0.4, -0.2) is 26.8 Å². The van der Waals surface area contributed by atoms with E-state index < -0.39 is 15.9 Å². The molecule has 0 fully saturated rings. The Kier molecular flexibility index (Phi) is 7.02. The van der Waals surface area contributed by atoms with Crippen molar-refractivity contribution < 1.29 is 13.2 Å². The molecular weight excluding hydrogens is 466 g/mol. The van der Waals surface area contributed by atoms with Crippen molar-refractivity contribution in [2.75, 3.05) is 10.6 Å². The van der Waals surface area contributed by atoms with Gasteiger partial charge in [0, 0.05) is 4.47 Å². The summed E-state index contributed by atoms with van der Waals surface area (Å²) in [5.41, 5.74) is 4.60. The lowest BCUT2D eigenvalue weighted by Crippen LogP contribution is -2.32. The number of nitrogens with one attached hydrogen (secondary N) is 1. The van der Waals surface area contributed by atoms with Crippen molar-refractivity contribution in [3.63, 3.8) is 0 Å². The summed E-state index contributed by atoms with van der Waals surface area (Å²) < 4.78 is 27.2. The Bertz CT molecular complexity index is 1150. The maximum absolute atomic E-state index is 12.7. The monoisotopic (exact) mass is 485 g/mol. The fourth-order valence-electron chi connectivity index (χ4n) is 2.79. The number of halogens is 1. The number of sulfonamides is 1. The third-order valence-corrected chi connectivity index (χ3v) is 5.89. The molecule has 6 nitrogen and oxygen atoms in total. The topological polar surface area (TPSA) is 78.8 Å². The van der Waals surface area contributed by atoms with Gasteiger partial charge < -0.3 is 0 Å². The molecule has 1 N–H and O–H groups in total. The first kappa shape index (κ1) is 21.7. The van der Waals surface area contributed by atoms with Crippen LogP contribution in [-0.2, 0) is 16.6 Å². The summed E-state index contributed by atoms with van der Waals surface area (Å²) in [5, 5.41) is 3.99. The zero-order chi connectivity index (χ0) is 21.6. The summed E-state index contributed by atoms with van der Waals surface area (Å²) in [6.45, 7) is 0.117. The lowest BCUT2D eigenvalue weighted by molar-refractivity contribution is 0.0956. The second-order valence-electron chi connectivity index (χ2n) is 6.52. The number of hydrazone groups is 1. The molecular formula is C22H20BrN3O3S. The molecule has 0 aliphatic carbocycles. The largest absolute Gasteiger partial charge is 0.273 e. The van der Waals surface area contributed by atoms with E-state index in [2.05, 4.69) is 26.5 Å². The van der Waals surface area contributed by atoms with Crippen molar-refractivity contribution in [1.29, 1.82) is 0 Å². The fourth-order valence-corrected chi connectivity index (χ4v) is 3.95. The SMILES string of the molecule is CS(=O)(=O)N(Cc1ccccc1)c1ccccc1C(=O)NN=Cc1ccc(Br)cc1. The van der Waals surface area contributed by atoms with E-state index in [4.69, 9.17) is 0 Å². The van der Waals surface area contributed by atoms with Crippen LogP contribution in [0.25, 0.3) is 0 Å². The van der Waals surface area contributed by atoms with E-state index in [1.54, 1.807) is 24.3 Å². The summed E-state index contributed by atoms with van der Waals surface area (Å²) in [4.78, 5) is 12.7. The normalized spacial score (nSPS) is 11.4. The number of benzene rings is 3. The number of nitrogens with zero attached hydrogens (tertiary/aromatic N) is 2. The molecule has 8 heteroatoms. The average Bonchev–Trinajstić information content (AvgIpc) is 2.73. The van der Waals surface area contributed by atoms with Crippen LogP contribution in [0.2, 0.25) is 0 Å². The van der Waals surface area contributed by atoms with Crippen molar-refractivity contribution in [2.45, 2.75) is 6.54 Å². The van der Waals surface area contributed by atoms with Gasteiger partial charge in [-0.2, -0.15) is 5.10 Å². The van der Waals surface area contributed by atoms with Gasteiger partial charge in [0.05, 0.1) is 30.3 Å². The summed E-state index contributed by atoms with van der Waals surface area (Å²) in [6, 6.07) is 23.2. The molecule has 3 rings (SSSR count). The summed E-state index contributed by atoms with van der Waals surface area (Å²) in [5.74, 6) is -0.499. The molecule has 30 heavy (non-hydrogen) atoms. The van der Waals surface area contributed by atoms with Crippen LogP contribution in [0, 0.1) is 0 Å². The van der Waals surface area contributed by atoms with E-state index >= 15 is 0 Å². The summed E-state index contributed by atoms with van der Waals surface area (Å²) >= 11 is 3.36. The van der Waals surface area contributed by atoms with E-state index in [9.17, 15) is 13.2 Å². The van der Waals surface area contributed by atoms with Gasteiger partial charge in [0.25, 0.3) is 5.91 Å². The smallest absolute Gasteiger partial charge is 0.267 e. The first-order chi connectivity index (χ1) is 14.3. The van der Waals surface area contributed by atoms with E-state index in [0.29, 0.717) is 5.69 Å². The minimum Gasteiger partial charge on any atom is -0.267 e. The van der Waals surface area contributed by atoms with Crippen LogP contribution in [0.4, 0.5) is 5.69 Å². The highest BCUT2D eigenvalue weighted by Crippen LogP contribution is 2.25. The standard InChI is InChI=1S/C22H20BrN3O3S/c1-30(28,29)26(16-18-7-3-2-4-8-18)21-10-6-5-9-20(21)22(27)25-24-15-17-11-13-19(23)14-12-17/h2-15H,16H2,1H3,(H,25,27). The second kappa shape index (κ2) is 9.69. The number of carbonyl (C=O) groups excluding carboxylic acids is 1. The van der Waals surface area contributed by atoms with Crippen LogP contribution in [0.3, 0.4) is 0 Å². The highest BCUT2D eigenvalue weighted by Gasteiger charge is 2.23. The molecule has 154 valence electrons. The molecule has 0 atom stereocenters. The second-order valence-corrected chi connectivity index (χ2v) is 9.35. The lowest BCUT2D eigenvalue weighted by atomic mass is 10.1. The Morgan fingerprint density at radius 3 is 2.30 bits per heavy atom. The maximum atomic E-state index is 12.7. The van der Waals surface area contributed by atoms with Gasteiger partial charge >= 0.3 is 0 Å². The first-order valence-corrected chi connectivity index (χ1v) is 11.7. The Hall–Kier alpha value is -2.97. The van der Waals surface area contributed by atoms with Gasteiger partial charge in [0.15, 0.2) is 0 Å². The highest BCUT2D eigenvalue weighted by atomic mass is 79.9. The van der Waals surface area contributed by atoms with Crippen LogP contribution >= 0.6 is 15.9 Å². The molecule has 3 aromatic rings. The van der Waals surface area contributed by atoms with Crippen molar-refractivity contribution >= 4 is 43.8 Å². The molecule has 0 aromatic heterocycles. The van der Waals surface area contributed by atoms with E-state index in [1.165, 1.54) is 10.5 Å². The van der Waals surface area contributed by atoms with Gasteiger partial charge in [-0.1, -0.05) is 70.5 Å². The van der Waals surface area contributed by atoms with E-state index in [1.807, 2.05) is 54.6 Å². The molecule has 0 heterocycles. The van der Waals surface area contributed by atoms with Gasteiger partial charge in [-0.3, -0.25) is 9.10 Å². The predicted molar refractivity (Wildman–Crippen MR) is 123 cm³/mol. The lowest BCUT2D eigenvalue weighted by Gasteiger charge is -2.24. The van der Waals surface area contributed by atoms with Gasteiger partial charge in [-0.25, -0.2) is 13.8 Å². The van der Waals surface area contributed by atoms with E-state index in [-0.39, 0.29) is 12.1 Å². The van der Waals surface area contributed by atoms with Crippen LogP contribution in [0.1, 0.15) is 21.5 Å². The molecule has 3 aromatic carbocycles. The molecule has 0 aliphatic rings. The minimum absolute atomic E-state index is 0.117. The van der Waals surface area contributed by atoms with Crippen molar-refractivity contribution in [2.24, 2.45) is 5.10 Å². The quantitative estimate of drug-likeness (QED) is 0.402. The molecule has 0 unspecified atom stereocenters. The molecule has 0 bridgehead atoms. The number of amides is 1. The van der Waals surface area contributed by atoms with Crippen molar-refractivity contribution in [3.8, 4) is 0 Å². The molecule has 0 saturated carbocycles. The molecule has 0 saturated heterocycles. The molecule has 0 radical (unpaired) electrons. The Labute approximate surface area is 184 Å². The third kappa shape index (κ3) is 5.77. The zero-order valence-electron chi connectivity index (χ0n) is 16.2. The highest BCUT2D eigenvalue weighted by molar-refractivity contribution is 9.10. The van der Waals surface area contributed by atoms with Gasteiger partial charge in [0.1, 0.15) is 0 Å². The fraction of sp³-hybridized carbons (Fsp3) is 0.0909. The van der Waals surface area contributed by atoms with Gasteiger partial charge in [0.2, 0.25) is 10.0 Å². The van der Waals surface area contributed by atoms with E-state index in [0.717, 1.165) is 21.9 Å². The number of rotatable bonds is 7. The number of carbonyl (C=O) groups is 1. The number of para-hydroxylation sites is 1. The summed E-state index contributed by atoms with van der Waals surface area (Å²) in [6.07, 6.45) is 2.64. The first-order valence-electron chi connectivity index (χ1n) is 9.04. The molecule has 0 aliphatic heterocycles. The Morgan fingerprint density at radius 2 is 1.63 bits per heavy atom. The maximum Gasteiger partial charge on any atom is 0.273 e. The zero-order valence-corrected chi connectivity index (χ0v) is 18.6. The average molecular weight is 486 g/mol. The van der Waals surface area contributed by atoms with Gasteiger partial charge in [-0.05, 0) is 35.4 Å². The predicted octanol–water partition coefficient (Wildman–Crippen LogP) is 4.18.